The fraction of sp³-hybridized carbons (Fsp3) is 0.500. The monoisotopic (exact) mass is 425 g/mol. The van der Waals surface area contributed by atoms with Crippen molar-refractivity contribution in [1.82, 2.24) is 9.29 Å². The molecule has 1 saturated heterocycles. The van der Waals surface area contributed by atoms with Crippen LogP contribution in [0.3, 0.4) is 0 Å². The lowest BCUT2D eigenvalue weighted by Crippen LogP contribution is -2.27. The van der Waals surface area contributed by atoms with Crippen LogP contribution in [0.2, 0.25) is 0 Å². The lowest BCUT2D eigenvalue weighted by molar-refractivity contribution is -0.116. The van der Waals surface area contributed by atoms with E-state index in [1.807, 2.05) is 26.2 Å². The van der Waals surface area contributed by atoms with Gasteiger partial charge in [-0.15, -0.1) is 11.3 Å². The number of thiazole rings is 1. The molecule has 0 saturated carbocycles. The van der Waals surface area contributed by atoms with Gasteiger partial charge in [0.15, 0.2) is 5.13 Å². The molecule has 1 aliphatic rings. The molecular formula is C20H31N3O3S2. The van der Waals surface area contributed by atoms with E-state index in [2.05, 4.69) is 10.3 Å². The predicted molar refractivity (Wildman–Crippen MR) is 117 cm³/mol. The molecular weight excluding hydrogens is 394 g/mol. The minimum atomic E-state index is -3.40. The van der Waals surface area contributed by atoms with Crippen LogP contribution in [0.5, 0.6) is 0 Å². The molecule has 1 aliphatic heterocycles. The molecule has 2 aromatic rings. The van der Waals surface area contributed by atoms with Crippen molar-refractivity contribution in [2.24, 2.45) is 0 Å². The quantitative estimate of drug-likeness (QED) is 0.677. The third-order valence-corrected chi connectivity index (χ3v) is 7.03. The van der Waals surface area contributed by atoms with E-state index >= 15 is 0 Å². The van der Waals surface area contributed by atoms with Gasteiger partial charge in [0.1, 0.15) is 0 Å². The molecule has 0 radical (unpaired) electrons. The van der Waals surface area contributed by atoms with Crippen LogP contribution in [0.15, 0.2) is 34.5 Å². The summed E-state index contributed by atoms with van der Waals surface area (Å²) in [5.74, 6) is -0.0280. The fourth-order valence-electron chi connectivity index (χ4n) is 2.86. The Balaban J connectivity index is 0.00000136. The molecule has 1 aromatic carbocycles. The summed E-state index contributed by atoms with van der Waals surface area (Å²) in [6.45, 7) is 7.23. The van der Waals surface area contributed by atoms with Gasteiger partial charge in [0.05, 0.1) is 10.6 Å². The Morgan fingerprint density at radius 1 is 1.21 bits per heavy atom. The first kappa shape index (κ1) is 22.5. The molecule has 0 atom stereocenters. The third-order valence-electron chi connectivity index (χ3n) is 4.36. The van der Waals surface area contributed by atoms with Gasteiger partial charge >= 0.3 is 0 Å². The number of amides is 1. The molecule has 1 N–H and O–H groups in total. The highest BCUT2D eigenvalue weighted by molar-refractivity contribution is 7.89. The van der Waals surface area contributed by atoms with Crippen molar-refractivity contribution < 1.29 is 14.6 Å². The van der Waals surface area contributed by atoms with E-state index in [0.717, 1.165) is 36.9 Å². The number of benzene rings is 1. The molecule has 0 unspecified atom stereocenters. The van der Waals surface area contributed by atoms with Crippen LogP contribution in [0.4, 0.5) is 5.13 Å². The van der Waals surface area contributed by atoms with Gasteiger partial charge in [-0.2, -0.15) is 4.31 Å². The zero-order valence-electron chi connectivity index (χ0n) is 16.8. The number of carbonyl (C=O) groups is 1. The summed E-state index contributed by atoms with van der Waals surface area (Å²) < 4.78 is 26.7. The predicted octanol–water partition coefficient (Wildman–Crippen LogP) is 5.00. The van der Waals surface area contributed by atoms with E-state index < -0.39 is 10.0 Å². The van der Waals surface area contributed by atoms with Crippen LogP contribution >= 0.6 is 11.3 Å². The van der Waals surface area contributed by atoms with E-state index in [0.29, 0.717) is 29.5 Å². The molecule has 8 heteroatoms. The largest absolute Gasteiger partial charge is 0.302 e. The first-order chi connectivity index (χ1) is 13.5. The molecule has 6 nitrogen and oxygen atoms in total. The summed E-state index contributed by atoms with van der Waals surface area (Å²) in [6.07, 6.45) is 4.17. The van der Waals surface area contributed by atoms with E-state index in [-0.39, 0.29) is 7.33 Å². The Morgan fingerprint density at radius 3 is 2.46 bits per heavy atom. The smallest absolute Gasteiger partial charge is 0.243 e. The molecule has 2 heterocycles. The van der Waals surface area contributed by atoms with E-state index in [4.69, 9.17) is 0 Å². The number of rotatable bonds is 7. The summed E-state index contributed by atoms with van der Waals surface area (Å²) >= 11 is 1.37. The van der Waals surface area contributed by atoms with Crippen molar-refractivity contribution in [1.29, 1.82) is 0 Å². The van der Waals surface area contributed by atoms with Crippen molar-refractivity contribution in [3.05, 3.63) is 29.6 Å². The van der Waals surface area contributed by atoms with Gasteiger partial charge in [-0.05, 0) is 31.4 Å². The Kier molecular flexibility index (Phi) is 8.59. The van der Waals surface area contributed by atoms with Gasteiger partial charge in [0.25, 0.3) is 0 Å². The van der Waals surface area contributed by atoms with Gasteiger partial charge in [0, 0.05) is 31.9 Å². The summed E-state index contributed by atoms with van der Waals surface area (Å²) in [7, 11) is -3.40. The topological polar surface area (TPSA) is 79.4 Å². The maximum absolute atomic E-state index is 12.6. The first-order valence-electron chi connectivity index (χ1n) is 9.86. The standard InChI is InChI=1S/C18H23N3O3S2.C2H6.H2/c1-2-3-6-17(22)20-18-19-16(13-25-18)14-7-9-15(10-8-14)26(23,24)21-11-4-5-12-21;1-2;/h7-10,13H,2-6,11-12H2,1H3,(H,19,20,22);1-2H3;1H. The van der Waals surface area contributed by atoms with Crippen molar-refractivity contribution in [2.45, 2.75) is 57.8 Å². The summed E-state index contributed by atoms with van der Waals surface area (Å²) in [5, 5.41) is 5.23. The highest BCUT2D eigenvalue weighted by Gasteiger charge is 2.27. The third kappa shape index (κ3) is 5.62. The highest BCUT2D eigenvalue weighted by atomic mass is 32.2. The van der Waals surface area contributed by atoms with E-state index in [9.17, 15) is 13.2 Å². The maximum atomic E-state index is 12.6. The Bertz CT molecular complexity index is 861. The number of sulfonamides is 1. The van der Waals surface area contributed by atoms with Crippen molar-refractivity contribution in [3.8, 4) is 11.3 Å². The molecule has 156 valence electrons. The molecule has 3 rings (SSSR count). The van der Waals surface area contributed by atoms with Crippen LogP contribution in [0, 0.1) is 0 Å². The van der Waals surface area contributed by atoms with Gasteiger partial charge in [-0.25, -0.2) is 13.4 Å². The van der Waals surface area contributed by atoms with Crippen LogP contribution in [-0.2, 0) is 14.8 Å². The average Bonchev–Trinajstić information content (AvgIpc) is 3.41. The minimum absolute atomic E-state index is 0. The van der Waals surface area contributed by atoms with Crippen LogP contribution in [0.25, 0.3) is 11.3 Å². The molecule has 1 amide bonds. The Morgan fingerprint density at radius 2 is 1.86 bits per heavy atom. The summed E-state index contributed by atoms with van der Waals surface area (Å²) in [6, 6.07) is 6.78. The zero-order valence-corrected chi connectivity index (χ0v) is 18.4. The molecule has 0 spiro atoms. The minimum Gasteiger partial charge on any atom is -0.302 e. The molecule has 28 heavy (non-hydrogen) atoms. The molecule has 0 aliphatic carbocycles. The number of anilines is 1. The van der Waals surface area contributed by atoms with Crippen LogP contribution in [-0.4, -0.2) is 36.7 Å². The highest BCUT2D eigenvalue weighted by Crippen LogP contribution is 2.27. The van der Waals surface area contributed by atoms with Crippen LogP contribution < -0.4 is 5.32 Å². The fourth-order valence-corrected chi connectivity index (χ4v) is 5.11. The maximum Gasteiger partial charge on any atom is 0.243 e. The summed E-state index contributed by atoms with van der Waals surface area (Å²) in [5.41, 5.74) is 1.56. The first-order valence-corrected chi connectivity index (χ1v) is 12.2. The number of nitrogens with one attached hydrogen (secondary N) is 1. The molecule has 1 aromatic heterocycles. The van der Waals surface area contributed by atoms with Crippen molar-refractivity contribution >= 4 is 32.4 Å². The average molecular weight is 426 g/mol. The second-order valence-electron chi connectivity index (χ2n) is 6.33. The number of unbranched alkanes of at least 4 members (excludes halogenated alkanes) is 1. The van der Waals surface area contributed by atoms with Gasteiger partial charge in [-0.1, -0.05) is 39.3 Å². The summed E-state index contributed by atoms with van der Waals surface area (Å²) in [4.78, 5) is 16.5. The van der Waals surface area contributed by atoms with E-state index in [1.165, 1.54) is 15.6 Å². The normalized spacial score (nSPS) is 14.4. The second-order valence-corrected chi connectivity index (χ2v) is 9.12. The van der Waals surface area contributed by atoms with Crippen LogP contribution in [0.1, 0.15) is 54.3 Å². The van der Waals surface area contributed by atoms with Gasteiger partial charge in [-0.3, -0.25) is 4.79 Å². The Hall–Kier alpha value is -1.77. The lowest BCUT2D eigenvalue weighted by atomic mass is 10.2. The zero-order chi connectivity index (χ0) is 20.6. The number of hydrogen-bond donors (Lipinski definition) is 1. The van der Waals surface area contributed by atoms with Crippen molar-refractivity contribution in [2.75, 3.05) is 18.4 Å². The number of aromatic nitrogens is 1. The number of nitrogens with zero attached hydrogens (tertiary/aromatic N) is 2. The molecule has 1 fully saturated rings. The lowest BCUT2D eigenvalue weighted by Gasteiger charge is -2.15. The number of carbonyl (C=O) groups excluding carboxylic acids is 1. The van der Waals surface area contributed by atoms with E-state index in [1.54, 1.807) is 24.3 Å². The van der Waals surface area contributed by atoms with Crippen molar-refractivity contribution in [3.63, 3.8) is 0 Å². The second kappa shape index (κ2) is 10.7. The SMILES string of the molecule is CC.CCCCC(=O)Nc1nc(-c2ccc(S(=O)(=O)N3CCCC3)cc2)cs1.[HH]. The molecule has 0 bridgehead atoms. The number of hydrogen-bond acceptors (Lipinski definition) is 5. The Labute approximate surface area is 173 Å². The van der Waals surface area contributed by atoms with Gasteiger partial charge < -0.3 is 5.32 Å². The van der Waals surface area contributed by atoms with Gasteiger partial charge in [0.2, 0.25) is 15.9 Å².